The van der Waals surface area contributed by atoms with Gasteiger partial charge in [-0.1, -0.05) is 11.6 Å². The average molecular weight is 384 g/mol. The standard InChI is InChI=1S/C16H13ClF3N5O/c17-9-5-7(1-2-10(9)18)25(26)16(22)8-6-11(19)13(20)15-14(8)23-12(24-15)3-4-21/h1-2,5-6,22,26H,3-4,21H2,(H,23,24). The summed E-state index contributed by atoms with van der Waals surface area (Å²) in [6, 6.07) is 4.04. The predicted molar refractivity (Wildman–Crippen MR) is 91.3 cm³/mol. The minimum Gasteiger partial charge on any atom is -0.341 e. The van der Waals surface area contributed by atoms with Crippen molar-refractivity contribution in [2.24, 2.45) is 5.73 Å². The number of aromatic nitrogens is 2. The van der Waals surface area contributed by atoms with Gasteiger partial charge in [0.15, 0.2) is 17.5 Å². The highest BCUT2D eigenvalue weighted by atomic mass is 35.5. The number of halogens is 4. The number of nitrogens with zero attached hydrogens (tertiary/aromatic N) is 2. The van der Waals surface area contributed by atoms with Crippen LogP contribution in [0.1, 0.15) is 11.4 Å². The molecule has 136 valence electrons. The Morgan fingerprint density at radius 1 is 1.27 bits per heavy atom. The lowest BCUT2D eigenvalue weighted by molar-refractivity contribution is 0.312. The fraction of sp³-hybridized carbons (Fsp3) is 0.125. The van der Waals surface area contributed by atoms with Gasteiger partial charge in [-0.3, -0.25) is 10.6 Å². The van der Waals surface area contributed by atoms with Crippen molar-refractivity contribution < 1.29 is 18.4 Å². The molecule has 5 N–H and O–H groups in total. The molecule has 1 aromatic heterocycles. The molecule has 0 bridgehead atoms. The third kappa shape index (κ3) is 3.12. The van der Waals surface area contributed by atoms with Crippen molar-refractivity contribution in [3.63, 3.8) is 0 Å². The number of anilines is 1. The van der Waals surface area contributed by atoms with Gasteiger partial charge < -0.3 is 10.7 Å². The lowest BCUT2D eigenvalue weighted by Crippen LogP contribution is -2.27. The molecule has 0 radical (unpaired) electrons. The molecule has 3 aromatic rings. The van der Waals surface area contributed by atoms with Crippen LogP contribution in [0.15, 0.2) is 24.3 Å². The number of amidine groups is 1. The predicted octanol–water partition coefficient (Wildman–Crippen LogP) is 3.36. The Bertz CT molecular complexity index is 1010. The molecule has 2 aromatic carbocycles. The molecule has 26 heavy (non-hydrogen) atoms. The van der Waals surface area contributed by atoms with Crippen molar-refractivity contribution in [2.75, 3.05) is 11.6 Å². The first-order valence-electron chi connectivity index (χ1n) is 7.43. The molecule has 10 heteroatoms. The molecular formula is C16H13ClF3N5O. The minimum absolute atomic E-state index is 0.0269. The van der Waals surface area contributed by atoms with Crippen LogP contribution in [0.25, 0.3) is 11.0 Å². The Hall–Kier alpha value is -2.62. The van der Waals surface area contributed by atoms with E-state index in [9.17, 15) is 18.4 Å². The maximum Gasteiger partial charge on any atom is 0.186 e. The highest BCUT2D eigenvalue weighted by molar-refractivity contribution is 6.31. The third-order valence-corrected chi connectivity index (χ3v) is 4.00. The van der Waals surface area contributed by atoms with E-state index in [2.05, 4.69) is 9.97 Å². The first kappa shape index (κ1) is 18.2. The zero-order valence-corrected chi connectivity index (χ0v) is 13.9. The minimum atomic E-state index is -1.23. The number of nitrogens with one attached hydrogen (secondary N) is 2. The Morgan fingerprint density at radius 3 is 2.65 bits per heavy atom. The topological polar surface area (TPSA) is 102 Å². The summed E-state index contributed by atoms with van der Waals surface area (Å²) < 4.78 is 41.2. The zero-order valence-electron chi connectivity index (χ0n) is 13.2. The van der Waals surface area contributed by atoms with Crippen molar-refractivity contribution in [2.45, 2.75) is 6.42 Å². The van der Waals surface area contributed by atoms with Crippen LogP contribution in [0.2, 0.25) is 5.02 Å². The molecule has 6 nitrogen and oxygen atoms in total. The van der Waals surface area contributed by atoms with E-state index >= 15 is 0 Å². The molecule has 0 aliphatic heterocycles. The van der Waals surface area contributed by atoms with E-state index < -0.39 is 23.3 Å². The van der Waals surface area contributed by atoms with Crippen molar-refractivity contribution in [3.05, 3.63) is 58.1 Å². The van der Waals surface area contributed by atoms with Gasteiger partial charge >= 0.3 is 0 Å². The Morgan fingerprint density at radius 2 is 2.00 bits per heavy atom. The van der Waals surface area contributed by atoms with Crippen LogP contribution in [0, 0.1) is 22.9 Å². The first-order valence-corrected chi connectivity index (χ1v) is 7.81. The van der Waals surface area contributed by atoms with Gasteiger partial charge in [-0.25, -0.2) is 23.2 Å². The molecule has 0 atom stereocenters. The molecule has 0 spiro atoms. The molecule has 0 amide bonds. The van der Waals surface area contributed by atoms with E-state index in [0.29, 0.717) is 17.3 Å². The number of imidazole rings is 1. The van der Waals surface area contributed by atoms with Gasteiger partial charge in [0.25, 0.3) is 0 Å². The summed E-state index contributed by atoms with van der Waals surface area (Å²) in [5, 5.41) is 18.5. The zero-order chi connectivity index (χ0) is 19.0. The number of hydrogen-bond acceptors (Lipinski definition) is 4. The van der Waals surface area contributed by atoms with E-state index in [1.165, 1.54) is 6.07 Å². The summed E-state index contributed by atoms with van der Waals surface area (Å²) in [5.41, 5.74) is 4.99. The normalized spacial score (nSPS) is 11.2. The number of rotatable bonds is 4. The smallest absolute Gasteiger partial charge is 0.186 e. The van der Waals surface area contributed by atoms with Crippen LogP contribution < -0.4 is 10.8 Å². The van der Waals surface area contributed by atoms with Crippen LogP contribution in [-0.2, 0) is 6.42 Å². The Labute approximate surface area is 150 Å². The average Bonchev–Trinajstić information content (AvgIpc) is 3.03. The summed E-state index contributed by atoms with van der Waals surface area (Å²) in [5.74, 6) is -3.38. The van der Waals surface area contributed by atoms with Gasteiger partial charge in [-0.2, -0.15) is 0 Å². The second-order valence-corrected chi connectivity index (χ2v) is 5.83. The fourth-order valence-electron chi connectivity index (χ4n) is 2.45. The second kappa shape index (κ2) is 6.94. The molecular weight excluding hydrogens is 371 g/mol. The van der Waals surface area contributed by atoms with E-state index in [4.69, 9.17) is 22.7 Å². The first-order chi connectivity index (χ1) is 12.3. The van der Waals surface area contributed by atoms with Gasteiger partial charge in [0.2, 0.25) is 0 Å². The number of benzene rings is 2. The number of hydroxylamine groups is 1. The van der Waals surface area contributed by atoms with Gasteiger partial charge in [0, 0.05) is 12.0 Å². The SMILES string of the molecule is N=C(c1cc(F)c(F)c2nc(CCN)[nH]c12)N(O)c1ccc(F)c(Cl)c1. The maximum atomic E-state index is 14.0. The number of H-pyrrole nitrogens is 1. The Kier molecular flexibility index (Phi) is 4.86. The van der Waals surface area contributed by atoms with Crippen LogP contribution >= 0.6 is 11.6 Å². The lowest BCUT2D eigenvalue weighted by atomic mass is 10.1. The van der Waals surface area contributed by atoms with E-state index in [1.54, 1.807) is 0 Å². The van der Waals surface area contributed by atoms with Crippen molar-refractivity contribution in [1.29, 1.82) is 5.41 Å². The van der Waals surface area contributed by atoms with Crippen LogP contribution in [0.5, 0.6) is 0 Å². The van der Waals surface area contributed by atoms with E-state index in [1.807, 2.05) is 0 Å². The third-order valence-electron chi connectivity index (χ3n) is 3.71. The molecule has 1 heterocycles. The van der Waals surface area contributed by atoms with Gasteiger partial charge in [-0.15, -0.1) is 0 Å². The monoisotopic (exact) mass is 383 g/mol. The molecule has 0 fully saturated rings. The van der Waals surface area contributed by atoms with Crippen LogP contribution in [0.3, 0.4) is 0 Å². The van der Waals surface area contributed by atoms with E-state index in [-0.39, 0.29) is 33.9 Å². The summed E-state index contributed by atoms with van der Waals surface area (Å²) in [4.78, 5) is 6.72. The van der Waals surface area contributed by atoms with E-state index in [0.717, 1.165) is 18.2 Å². The van der Waals surface area contributed by atoms with Gasteiger partial charge in [-0.05, 0) is 30.8 Å². The Balaban J connectivity index is 2.09. The van der Waals surface area contributed by atoms with Gasteiger partial charge in [0.05, 0.1) is 16.2 Å². The summed E-state index contributed by atoms with van der Waals surface area (Å²) in [6.07, 6.45) is 0.291. The maximum absolute atomic E-state index is 14.0. The molecule has 3 rings (SSSR count). The molecule has 0 saturated heterocycles. The lowest BCUT2D eigenvalue weighted by Gasteiger charge is -2.18. The number of hydrogen-bond donors (Lipinski definition) is 4. The van der Waals surface area contributed by atoms with Crippen LogP contribution in [0.4, 0.5) is 18.9 Å². The summed E-state index contributed by atoms with van der Waals surface area (Å²) in [7, 11) is 0. The molecule has 0 aliphatic rings. The molecule has 0 aliphatic carbocycles. The number of aromatic amines is 1. The number of fused-ring (bicyclic) bond motifs is 1. The van der Waals surface area contributed by atoms with Crippen molar-refractivity contribution in [1.82, 2.24) is 9.97 Å². The highest BCUT2D eigenvalue weighted by Crippen LogP contribution is 2.27. The van der Waals surface area contributed by atoms with Crippen molar-refractivity contribution >= 4 is 34.2 Å². The fourth-order valence-corrected chi connectivity index (χ4v) is 2.63. The molecule has 0 saturated carbocycles. The van der Waals surface area contributed by atoms with Gasteiger partial charge in [0.1, 0.15) is 17.2 Å². The highest BCUT2D eigenvalue weighted by Gasteiger charge is 2.22. The van der Waals surface area contributed by atoms with Crippen molar-refractivity contribution in [3.8, 4) is 0 Å². The second-order valence-electron chi connectivity index (χ2n) is 5.42. The number of nitrogens with two attached hydrogens (primary N) is 1. The quantitative estimate of drug-likeness (QED) is 0.315. The van der Waals surface area contributed by atoms with Crippen LogP contribution in [-0.4, -0.2) is 27.6 Å². The summed E-state index contributed by atoms with van der Waals surface area (Å²) >= 11 is 5.67. The summed E-state index contributed by atoms with van der Waals surface area (Å²) in [6.45, 7) is 0.233. The largest absolute Gasteiger partial charge is 0.341 e. The molecule has 0 unspecified atom stereocenters.